The quantitative estimate of drug-likeness (QED) is 0.636. The van der Waals surface area contributed by atoms with Crippen LogP contribution >= 0.6 is 0 Å². The van der Waals surface area contributed by atoms with Crippen molar-refractivity contribution in [3.8, 4) is 0 Å². The first-order valence-corrected chi connectivity index (χ1v) is 10.7. The average molecular weight is 447 g/mol. The monoisotopic (exact) mass is 447 g/mol. The largest absolute Gasteiger partial charge is 0.409 e. The first-order chi connectivity index (χ1) is 14.1. The molecule has 11 heteroatoms. The van der Waals surface area contributed by atoms with Crippen molar-refractivity contribution in [2.24, 2.45) is 0 Å². The maximum Gasteiger partial charge on any atom is 0.409 e. The van der Waals surface area contributed by atoms with E-state index in [2.05, 4.69) is 4.98 Å². The van der Waals surface area contributed by atoms with E-state index in [1.807, 2.05) is 4.90 Å². The van der Waals surface area contributed by atoms with Gasteiger partial charge in [0.1, 0.15) is 16.8 Å². The van der Waals surface area contributed by atoms with Crippen LogP contribution in [0, 0.1) is 5.82 Å². The molecule has 0 aliphatic carbocycles. The number of hydrogen-bond donors (Lipinski definition) is 0. The number of ether oxygens (including phenoxy) is 1. The van der Waals surface area contributed by atoms with E-state index in [9.17, 15) is 26.0 Å². The standard InChI is InChI=1S/C19H21F4N3O3S/c1-2-26(18(19(21,22)23)14-3-5-15(20)6-4-14)30(27,28)17-11-16(12-24-13-17)25-7-9-29-10-8-25/h3-6,11-13,18H,2,7-10H2,1H3/t18-/m0/s1. The highest BCUT2D eigenvalue weighted by molar-refractivity contribution is 7.89. The predicted molar refractivity (Wildman–Crippen MR) is 102 cm³/mol. The number of morpholine rings is 1. The van der Waals surface area contributed by atoms with Gasteiger partial charge in [-0.15, -0.1) is 0 Å². The molecule has 0 saturated carbocycles. The molecule has 1 fully saturated rings. The first-order valence-electron chi connectivity index (χ1n) is 9.26. The third-order valence-electron chi connectivity index (χ3n) is 4.78. The third kappa shape index (κ3) is 4.73. The second kappa shape index (κ2) is 8.86. The second-order valence-corrected chi connectivity index (χ2v) is 8.57. The van der Waals surface area contributed by atoms with Gasteiger partial charge in [0.2, 0.25) is 10.0 Å². The van der Waals surface area contributed by atoms with Crippen molar-refractivity contribution >= 4 is 15.7 Å². The number of anilines is 1. The van der Waals surface area contributed by atoms with Crippen LogP contribution in [0.1, 0.15) is 18.5 Å². The summed E-state index contributed by atoms with van der Waals surface area (Å²) in [4.78, 5) is 5.44. The van der Waals surface area contributed by atoms with E-state index in [1.165, 1.54) is 19.2 Å². The number of halogens is 4. The molecular weight excluding hydrogens is 426 g/mol. The lowest BCUT2D eigenvalue weighted by Crippen LogP contribution is -2.42. The molecule has 1 aromatic carbocycles. The molecule has 0 radical (unpaired) electrons. The maximum absolute atomic E-state index is 13.9. The van der Waals surface area contributed by atoms with E-state index in [0.717, 1.165) is 30.5 Å². The van der Waals surface area contributed by atoms with Crippen molar-refractivity contribution in [1.82, 2.24) is 9.29 Å². The summed E-state index contributed by atoms with van der Waals surface area (Å²) >= 11 is 0. The highest BCUT2D eigenvalue weighted by Crippen LogP contribution is 2.40. The minimum atomic E-state index is -4.91. The molecule has 0 unspecified atom stereocenters. The van der Waals surface area contributed by atoms with Gasteiger partial charge in [0, 0.05) is 25.8 Å². The summed E-state index contributed by atoms with van der Waals surface area (Å²) in [5.41, 5.74) is 0.118. The number of alkyl halides is 3. The van der Waals surface area contributed by atoms with Crippen LogP contribution in [0.2, 0.25) is 0 Å². The van der Waals surface area contributed by atoms with Gasteiger partial charge >= 0.3 is 6.18 Å². The van der Waals surface area contributed by atoms with Crippen molar-refractivity contribution < 1.29 is 30.7 Å². The molecule has 0 amide bonds. The first kappa shape index (κ1) is 22.4. The summed E-state index contributed by atoms with van der Waals surface area (Å²) in [6, 6.07) is 2.47. The fraction of sp³-hybridized carbons (Fsp3) is 0.421. The maximum atomic E-state index is 13.9. The van der Waals surface area contributed by atoms with E-state index in [-0.39, 0.29) is 10.5 Å². The lowest BCUT2D eigenvalue weighted by molar-refractivity contribution is -0.173. The molecule has 1 saturated heterocycles. The van der Waals surface area contributed by atoms with Crippen LogP contribution in [-0.4, -0.2) is 56.7 Å². The zero-order valence-electron chi connectivity index (χ0n) is 16.1. The molecule has 1 aliphatic heterocycles. The molecule has 1 aromatic heterocycles. The molecule has 0 N–H and O–H groups in total. The van der Waals surface area contributed by atoms with Crippen molar-refractivity contribution in [2.75, 3.05) is 37.7 Å². The Kier molecular flexibility index (Phi) is 6.63. The average Bonchev–Trinajstić information content (AvgIpc) is 2.72. The number of benzene rings is 1. The summed E-state index contributed by atoms with van der Waals surface area (Å²) in [5.74, 6) is -0.715. The van der Waals surface area contributed by atoms with Crippen molar-refractivity contribution in [2.45, 2.75) is 24.0 Å². The summed E-state index contributed by atoms with van der Waals surface area (Å²) < 4.78 is 87.0. The molecule has 3 rings (SSSR count). The molecule has 2 heterocycles. The van der Waals surface area contributed by atoms with Crippen molar-refractivity contribution in [3.05, 3.63) is 54.1 Å². The van der Waals surface area contributed by atoms with Crippen LogP contribution in [0.3, 0.4) is 0 Å². The van der Waals surface area contributed by atoms with Crippen LogP contribution in [-0.2, 0) is 14.8 Å². The highest BCUT2D eigenvalue weighted by atomic mass is 32.2. The van der Waals surface area contributed by atoms with Gasteiger partial charge in [-0.25, -0.2) is 12.8 Å². The van der Waals surface area contributed by atoms with Gasteiger partial charge in [0.25, 0.3) is 0 Å². The van der Waals surface area contributed by atoms with E-state index in [0.29, 0.717) is 36.3 Å². The fourth-order valence-electron chi connectivity index (χ4n) is 3.33. The minimum absolute atomic E-state index is 0.343. The summed E-state index contributed by atoms with van der Waals surface area (Å²) in [6.45, 7) is 2.83. The van der Waals surface area contributed by atoms with E-state index < -0.39 is 34.6 Å². The number of nitrogens with zero attached hydrogens (tertiary/aromatic N) is 3. The van der Waals surface area contributed by atoms with Crippen LogP contribution < -0.4 is 4.90 Å². The normalized spacial score (nSPS) is 16.7. The Morgan fingerprint density at radius 2 is 1.80 bits per heavy atom. The molecule has 1 atom stereocenters. The lowest BCUT2D eigenvalue weighted by Gasteiger charge is -2.32. The van der Waals surface area contributed by atoms with Crippen LogP contribution in [0.15, 0.2) is 47.6 Å². The summed E-state index contributed by atoms with van der Waals surface area (Å²) in [5, 5.41) is 0. The SMILES string of the molecule is CCN([C@@H](c1ccc(F)cc1)C(F)(F)F)S(=O)(=O)c1cncc(N2CCOCC2)c1. The number of pyridine rings is 1. The molecule has 0 spiro atoms. The van der Waals surface area contributed by atoms with Crippen molar-refractivity contribution in [1.29, 1.82) is 0 Å². The zero-order valence-corrected chi connectivity index (χ0v) is 17.0. The van der Waals surface area contributed by atoms with E-state index >= 15 is 0 Å². The molecular formula is C19H21F4N3O3S. The summed E-state index contributed by atoms with van der Waals surface area (Å²) in [6.07, 6.45) is -2.42. The second-order valence-electron chi connectivity index (χ2n) is 6.68. The molecule has 164 valence electrons. The topological polar surface area (TPSA) is 62.7 Å². The van der Waals surface area contributed by atoms with Crippen LogP contribution in [0.4, 0.5) is 23.2 Å². The molecule has 2 aromatic rings. The summed E-state index contributed by atoms with van der Waals surface area (Å²) in [7, 11) is -4.55. The van der Waals surface area contributed by atoms with Crippen LogP contribution in [0.25, 0.3) is 0 Å². The Morgan fingerprint density at radius 3 is 2.37 bits per heavy atom. The predicted octanol–water partition coefficient (Wildman–Crippen LogP) is 3.37. The van der Waals surface area contributed by atoms with Gasteiger partial charge in [-0.05, 0) is 23.8 Å². The third-order valence-corrected chi connectivity index (χ3v) is 6.68. The van der Waals surface area contributed by atoms with Gasteiger partial charge in [-0.3, -0.25) is 4.98 Å². The number of sulfonamides is 1. The number of aromatic nitrogens is 1. The number of rotatable bonds is 6. The Labute approximate surface area is 172 Å². The van der Waals surface area contributed by atoms with Gasteiger partial charge in [0.15, 0.2) is 0 Å². The molecule has 0 bridgehead atoms. The minimum Gasteiger partial charge on any atom is -0.378 e. The lowest BCUT2D eigenvalue weighted by atomic mass is 10.1. The Balaban J connectivity index is 2.02. The van der Waals surface area contributed by atoms with Gasteiger partial charge in [0.05, 0.1) is 25.1 Å². The Hall–Kier alpha value is -2.24. The van der Waals surface area contributed by atoms with Gasteiger partial charge < -0.3 is 9.64 Å². The van der Waals surface area contributed by atoms with E-state index in [4.69, 9.17) is 4.74 Å². The Bertz CT molecular complexity index is 962. The highest BCUT2D eigenvalue weighted by Gasteiger charge is 2.48. The smallest absolute Gasteiger partial charge is 0.378 e. The molecule has 30 heavy (non-hydrogen) atoms. The zero-order chi connectivity index (χ0) is 21.9. The van der Waals surface area contributed by atoms with Gasteiger partial charge in [-0.1, -0.05) is 19.1 Å². The fourth-order valence-corrected chi connectivity index (χ4v) is 4.93. The molecule has 1 aliphatic rings. The Morgan fingerprint density at radius 1 is 1.17 bits per heavy atom. The molecule has 6 nitrogen and oxygen atoms in total. The number of hydrogen-bond acceptors (Lipinski definition) is 5. The van der Waals surface area contributed by atoms with E-state index in [1.54, 1.807) is 0 Å². The van der Waals surface area contributed by atoms with Crippen molar-refractivity contribution in [3.63, 3.8) is 0 Å². The van der Waals surface area contributed by atoms with Crippen LogP contribution in [0.5, 0.6) is 0 Å². The van der Waals surface area contributed by atoms with Gasteiger partial charge in [-0.2, -0.15) is 17.5 Å².